The zero-order valence-corrected chi connectivity index (χ0v) is 10.3. The van der Waals surface area contributed by atoms with Gasteiger partial charge in [-0.15, -0.1) is 0 Å². The highest BCUT2D eigenvalue weighted by Crippen LogP contribution is 2.31. The molecule has 0 amide bonds. The van der Waals surface area contributed by atoms with Gasteiger partial charge in [-0.1, -0.05) is 17.7 Å². The third kappa shape index (κ3) is 3.46. The maximum Gasteiger partial charge on any atom is 0.311 e. The molecule has 0 radical (unpaired) electrons. The third-order valence-electron chi connectivity index (χ3n) is 2.76. The Morgan fingerprint density at radius 2 is 2.24 bits per heavy atom. The van der Waals surface area contributed by atoms with Crippen LogP contribution in [0.25, 0.3) is 0 Å². The second kappa shape index (κ2) is 6.25. The topological polar surface area (TPSA) is 72.5 Å². The van der Waals surface area contributed by atoms with Crippen LogP contribution in [0.15, 0.2) is 18.2 Å². The first-order valence-corrected chi connectivity index (χ1v) is 5.67. The Hall–Kier alpha value is -1.55. The van der Waals surface area contributed by atoms with Gasteiger partial charge in [0.1, 0.15) is 5.75 Å². The van der Waals surface area contributed by atoms with Crippen molar-refractivity contribution >= 4 is 5.97 Å². The largest absolute Gasteiger partial charge is 0.496 e. The summed E-state index contributed by atoms with van der Waals surface area (Å²) in [6.07, 6.45) is 1.22. The molecule has 1 unspecified atom stereocenters. The Kier molecular flexibility index (Phi) is 4.97. The highest BCUT2D eigenvalue weighted by Gasteiger charge is 2.22. The number of carboxylic acid groups (broad SMARTS) is 1. The van der Waals surface area contributed by atoms with Gasteiger partial charge in [0.2, 0.25) is 0 Å². The van der Waals surface area contributed by atoms with Crippen LogP contribution < -0.4 is 10.5 Å². The van der Waals surface area contributed by atoms with Crippen molar-refractivity contribution in [3.05, 3.63) is 29.3 Å². The van der Waals surface area contributed by atoms with E-state index in [0.717, 1.165) is 11.1 Å². The number of nitrogens with two attached hydrogens (primary N) is 1. The van der Waals surface area contributed by atoms with Gasteiger partial charge in [-0.25, -0.2) is 0 Å². The summed E-state index contributed by atoms with van der Waals surface area (Å²) in [5.41, 5.74) is 7.19. The fourth-order valence-electron chi connectivity index (χ4n) is 1.86. The molecule has 0 aliphatic carbocycles. The van der Waals surface area contributed by atoms with Crippen molar-refractivity contribution in [1.82, 2.24) is 0 Å². The zero-order valence-electron chi connectivity index (χ0n) is 10.3. The van der Waals surface area contributed by atoms with E-state index in [1.165, 1.54) is 0 Å². The first kappa shape index (κ1) is 13.5. The van der Waals surface area contributed by atoms with Crippen LogP contribution in [0.4, 0.5) is 0 Å². The van der Waals surface area contributed by atoms with Gasteiger partial charge in [0.05, 0.1) is 13.0 Å². The number of carboxylic acids is 1. The third-order valence-corrected chi connectivity index (χ3v) is 2.76. The summed E-state index contributed by atoms with van der Waals surface area (Å²) in [4.78, 5) is 11.3. The lowest BCUT2D eigenvalue weighted by atomic mass is 9.92. The molecule has 3 N–H and O–H groups in total. The van der Waals surface area contributed by atoms with Crippen molar-refractivity contribution in [2.75, 3.05) is 13.7 Å². The van der Waals surface area contributed by atoms with Crippen molar-refractivity contribution in [2.24, 2.45) is 5.73 Å². The van der Waals surface area contributed by atoms with E-state index in [9.17, 15) is 9.90 Å². The smallest absolute Gasteiger partial charge is 0.311 e. The lowest BCUT2D eigenvalue weighted by molar-refractivity contribution is -0.139. The Morgan fingerprint density at radius 1 is 1.53 bits per heavy atom. The van der Waals surface area contributed by atoms with E-state index in [-0.39, 0.29) is 0 Å². The summed E-state index contributed by atoms with van der Waals surface area (Å²) in [7, 11) is 1.55. The molecule has 0 fully saturated rings. The van der Waals surface area contributed by atoms with Gasteiger partial charge in [0.25, 0.3) is 0 Å². The molecule has 0 heterocycles. The summed E-state index contributed by atoms with van der Waals surface area (Å²) in [5.74, 6) is -0.754. The lowest BCUT2D eigenvalue weighted by Gasteiger charge is -2.16. The van der Waals surface area contributed by atoms with Crippen LogP contribution in [0.5, 0.6) is 5.75 Å². The average molecular weight is 237 g/mol. The first-order valence-electron chi connectivity index (χ1n) is 5.67. The van der Waals surface area contributed by atoms with E-state index >= 15 is 0 Å². The van der Waals surface area contributed by atoms with E-state index < -0.39 is 11.9 Å². The molecule has 1 aromatic carbocycles. The lowest BCUT2D eigenvalue weighted by Crippen LogP contribution is -2.14. The van der Waals surface area contributed by atoms with Crippen molar-refractivity contribution in [3.8, 4) is 5.75 Å². The Balaban J connectivity index is 3.07. The van der Waals surface area contributed by atoms with E-state index in [4.69, 9.17) is 10.5 Å². The molecule has 0 bridgehead atoms. The molecule has 0 aromatic heterocycles. The second-order valence-electron chi connectivity index (χ2n) is 4.07. The van der Waals surface area contributed by atoms with E-state index in [0.29, 0.717) is 25.1 Å². The maximum atomic E-state index is 11.3. The summed E-state index contributed by atoms with van der Waals surface area (Å²) in [6, 6.07) is 5.58. The van der Waals surface area contributed by atoms with Crippen LogP contribution in [0.3, 0.4) is 0 Å². The van der Waals surface area contributed by atoms with E-state index in [1.54, 1.807) is 7.11 Å². The van der Waals surface area contributed by atoms with Crippen LogP contribution in [0, 0.1) is 6.92 Å². The monoisotopic (exact) mass is 237 g/mol. The minimum absolute atomic E-state index is 0.498. The number of hydrogen-bond acceptors (Lipinski definition) is 3. The Morgan fingerprint density at radius 3 is 2.76 bits per heavy atom. The maximum absolute atomic E-state index is 11.3. The van der Waals surface area contributed by atoms with Gasteiger partial charge in [0.15, 0.2) is 0 Å². The minimum atomic E-state index is -0.831. The summed E-state index contributed by atoms with van der Waals surface area (Å²) in [5, 5.41) is 9.27. The van der Waals surface area contributed by atoms with Gasteiger partial charge in [-0.3, -0.25) is 4.79 Å². The summed E-state index contributed by atoms with van der Waals surface area (Å²) >= 11 is 0. The van der Waals surface area contributed by atoms with Crippen LogP contribution in [0.2, 0.25) is 0 Å². The minimum Gasteiger partial charge on any atom is -0.496 e. The Labute approximate surface area is 101 Å². The average Bonchev–Trinajstić information content (AvgIpc) is 2.29. The molecule has 4 nitrogen and oxygen atoms in total. The molecular formula is C13H19NO3. The SMILES string of the molecule is COc1ccc(C)cc1C(CCCN)C(=O)O. The zero-order chi connectivity index (χ0) is 12.8. The van der Waals surface area contributed by atoms with Gasteiger partial charge in [-0.05, 0) is 32.4 Å². The predicted molar refractivity (Wildman–Crippen MR) is 66.4 cm³/mol. The molecule has 4 heteroatoms. The molecule has 0 aliphatic rings. The number of hydrogen-bond donors (Lipinski definition) is 2. The molecule has 17 heavy (non-hydrogen) atoms. The van der Waals surface area contributed by atoms with Crippen LogP contribution in [0.1, 0.15) is 29.9 Å². The number of aliphatic carboxylic acids is 1. The number of rotatable bonds is 6. The second-order valence-corrected chi connectivity index (χ2v) is 4.07. The molecular weight excluding hydrogens is 218 g/mol. The van der Waals surface area contributed by atoms with Crippen LogP contribution in [-0.4, -0.2) is 24.7 Å². The summed E-state index contributed by atoms with van der Waals surface area (Å²) in [6.45, 7) is 2.43. The predicted octanol–water partition coefficient (Wildman–Crippen LogP) is 1.91. The van der Waals surface area contributed by atoms with Gasteiger partial charge in [0, 0.05) is 5.56 Å². The fraction of sp³-hybridized carbons (Fsp3) is 0.462. The molecule has 1 rings (SSSR count). The van der Waals surface area contributed by atoms with Gasteiger partial charge in [-0.2, -0.15) is 0 Å². The van der Waals surface area contributed by atoms with Crippen LogP contribution in [-0.2, 0) is 4.79 Å². The molecule has 1 atom stereocenters. The van der Waals surface area contributed by atoms with E-state index in [1.807, 2.05) is 25.1 Å². The number of ether oxygens (including phenoxy) is 1. The number of aryl methyl sites for hydroxylation is 1. The number of benzene rings is 1. The van der Waals surface area contributed by atoms with Gasteiger partial charge < -0.3 is 15.6 Å². The fourth-order valence-corrected chi connectivity index (χ4v) is 1.86. The van der Waals surface area contributed by atoms with Crippen molar-refractivity contribution in [2.45, 2.75) is 25.7 Å². The van der Waals surface area contributed by atoms with E-state index in [2.05, 4.69) is 0 Å². The van der Waals surface area contributed by atoms with Crippen molar-refractivity contribution in [1.29, 1.82) is 0 Å². The van der Waals surface area contributed by atoms with Gasteiger partial charge >= 0.3 is 5.97 Å². The standard InChI is InChI=1S/C13H19NO3/c1-9-5-6-12(17-2)11(8-9)10(13(15)16)4-3-7-14/h5-6,8,10H,3-4,7,14H2,1-2H3,(H,15,16). The number of carbonyl (C=O) groups is 1. The molecule has 0 aliphatic heterocycles. The Bertz CT molecular complexity index is 390. The van der Waals surface area contributed by atoms with Crippen molar-refractivity contribution in [3.63, 3.8) is 0 Å². The number of methoxy groups -OCH3 is 1. The van der Waals surface area contributed by atoms with Crippen LogP contribution >= 0.6 is 0 Å². The highest BCUT2D eigenvalue weighted by atomic mass is 16.5. The van der Waals surface area contributed by atoms with Crippen molar-refractivity contribution < 1.29 is 14.6 Å². The normalized spacial score (nSPS) is 12.2. The first-order chi connectivity index (χ1) is 8.10. The molecule has 94 valence electrons. The highest BCUT2D eigenvalue weighted by molar-refractivity contribution is 5.77. The molecule has 1 aromatic rings. The molecule has 0 saturated heterocycles. The summed E-state index contributed by atoms with van der Waals surface area (Å²) < 4.78 is 5.22. The quantitative estimate of drug-likeness (QED) is 0.792. The molecule has 0 spiro atoms. The molecule has 0 saturated carbocycles.